The van der Waals surface area contributed by atoms with Crippen LogP contribution in [-0.2, 0) is 21.2 Å². The molecule has 2 aromatic rings. The molecule has 0 bridgehead atoms. The van der Waals surface area contributed by atoms with Crippen LogP contribution >= 0.6 is 0 Å². The number of anilines is 1. The third-order valence-corrected chi connectivity index (χ3v) is 7.14. The molecule has 1 saturated heterocycles. The SMILES string of the molecule is COc1ccc(S(=O)(=O)N2CCCCC2)cc1NC(=O)Cc1ccc(C)cc1C. The van der Waals surface area contributed by atoms with Gasteiger partial charge in [-0.1, -0.05) is 30.2 Å². The van der Waals surface area contributed by atoms with E-state index in [0.29, 0.717) is 24.5 Å². The molecular weight excluding hydrogens is 388 g/mol. The summed E-state index contributed by atoms with van der Waals surface area (Å²) in [4.78, 5) is 12.8. The van der Waals surface area contributed by atoms with Crippen LogP contribution in [0.4, 0.5) is 5.69 Å². The van der Waals surface area contributed by atoms with E-state index in [1.54, 1.807) is 6.07 Å². The number of benzene rings is 2. The number of aryl methyl sites for hydroxylation is 2. The lowest BCUT2D eigenvalue weighted by molar-refractivity contribution is -0.115. The fraction of sp³-hybridized carbons (Fsp3) is 0.409. The van der Waals surface area contributed by atoms with E-state index in [0.717, 1.165) is 36.0 Å². The van der Waals surface area contributed by atoms with Crippen molar-refractivity contribution >= 4 is 21.6 Å². The molecule has 156 valence electrons. The Labute approximate surface area is 172 Å². The minimum absolute atomic E-state index is 0.169. The summed E-state index contributed by atoms with van der Waals surface area (Å²) in [7, 11) is -2.10. The Bertz CT molecular complexity index is 996. The molecule has 0 spiro atoms. The van der Waals surface area contributed by atoms with Gasteiger partial charge >= 0.3 is 0 Å². The average molecular weight is 417 g/mol. The van der Waals surface area contributed by atoms with E-state index in [2.05, 4.69) is 5.32 Å². The second kappa shape index (κ2) is 8.97. The van der Waals surface area contributed by atoms with Crippen LogP contribution in [0.25, 0.3) is 0 Å². The van der Waals surface area contributed by atoms with Crippen LogP contribution in [0.3, 0.4) is 0 Å². The second-order valence-corrected chi connectivity index (χ2v) is 9.42. The van der Waals surface area contributed by atoms with Crippen molar-refractivity contribution in [3.05, 3.63) is 53.1 Å². The van der Waals surface area contributed by atoms with Gasteiger partial charge in [-0.3, -0.25) is 4.79 Å². The Morgan fingerprint density at radius 2 is 1.79 bits per heavy atom. The van der Waals surface area contributed by atoms with Crippen LogP contribution in [0, 0.1) is 13.8 Å². The number of sulfonamides is 1. The fourth-order valence-corrected chi connectivity index (χ4v) is 5.15. The first kappa shape index (κ1) is 21.3. The lowest BCUT2D eigenvalue weighted by atomic mass is 10.0. The molecule has 6 nitrogen and oxygen atoms in total. The zero-order valence-electron chi connectivity index (χ0n) is 17.2. The van der Waals surface area contributed by atoms with Crippen LogP contribution in [0.15, 0.2) is 41.3 Å². The largest absolute Gasteiger partial charge is 0.495 e. The monoisotopic (exact) mass is 416 g/mol. The maximum atomic E-state index is 13.0. The van der Waals surface area contributed by atoms with E-state index in [4.69, 9.17) is 4.74 Å². The van der Waals surface area contributed by atoms with Gasteiger partial charge in [0.05, 0.1) is 24.1 Å². The third-order valence-electron chi connectivity index (χ3n) is 5.25. The van der Waals surface area contributed by atoms with Gasteiger partial charge in [0.1, 0.15) is 5.75 Å². The van der Waals surface area contributed by atoms with Crippen molar-refractivity contribution in [1.29, 1.82) is 0 Å². The summed E-state index contributed by atoms with van der Waals surface area (Å²) >= 11 is 0. The van der Waals surface area contributed by atoms with Crippen LogP contribution in [0.2, 0.25) is 0 Å². The van der Waals surface area contributed by atoms with Crippen molar-refractivity contribution in [3.8, 4) is 5.75 Å². The number of nitrogens with one attached hydrogen (secondary N) is 1. The van der Waals surface area contributed by atoms with Crippen molar-refractivity contribution < 1.29 is 17.9 Å². The van der Waals surface area contributed by atoms with Gasteiger partial charge in [0.25, 0.3) is 0 Å². The zero-order chi connectivity index (χ0) is 21.0. The van der Waals surface area contributed by atoms with Gasteiger partial charge in [0.2, 0.25) is 15.9 Å². The van der Waals surface area contributed by atoms with Crippen LogP contribution in [-0.4, -0.2) is 38.8 Å². The Balaban J connectivity index is 1.82. The molecule has 7 heteroatoms. The summed E-state index contributed by atoms with van der Waals surface area (Å²) in [5.74, 6) is 0.208. The predicted octanol–water partition coefficient (Wildman–Crippen LogP) is 3.67. The highest BCUT2D eigenvalue weighted by atomic mass is 32.2. The number of piperidine rings is 1. The van der Waals surface area contributed by atoms with Gasteiger partial charge in [0.15, 0.2) is 0 Å². The standard InChI is InChI=1S/C22H28N2O4S/c1-16-7-8-18(17(2)13-16)14-22(25)23-20-15-19(9-10-21(20)28-3)29(26,27)24-11-5-4-6-12-24/h7-10,13,15H,4-6,11-12,14H2,1-3H3,(H,23,25). The molecule has 0 atom stereocenters. The zero-order valence-corrected chi connectivity index (χ0v) is 18.0. The maximum Gasteiger partial charge on any atom is 0.243 e. The van der Waals surface area contributed by atoms with Crippen LogP contribution in [0.1, 0.15) is 36.0 Å². The summed E-state index contributed by atoms with van der Waals surface area (Å²) in [6, 6.07) is 10.6. The molecule has 0 unspecified atom stereocenters. The summed E-state index contributed by atoms with van der Waals surface area (Å²) in [5, 5.41) is 2.82. The molecular formula is C22H28N2O4S. The molecule has 1 aliphatic rings. The highest BCUT2D eigenvalue weighted by Gasteiger charge is 2.27. The van der Waals surface area contributed by atoms with Crippen molar-refractivity contribution in [1.82, 2.24) is 4.31 Å². The quantitative estimate of drug-likeness (QED) is 0.780. The van der Waals surface area contributed by atoms with Gasteiger partial charge < -0.3 is 10.1 Å². The van der Waals surface area contributed by atoms with E-state index in [1.807, 2.05) is 32.0 Å². The van der Waals surface area contributed by atoms with Crippen molar-refractivity contribution in [2.45, 2.75) is 44.4 Å². The highest BCUT2D eigenvalue weighted by molar-refractivity contribution is 7.89. The molecule has 29 heavy (non-hydrogen) atoms. The third kappa shape index (κ3) is 4.97. The normalized spacial score (nSPS) is 15.1. The summed E-state index contributed by atoms with van der Waals surface area (Å²) in [6.45, 7) is 5.05. The first-order chi connectivity index (χ1) is 13.8. The minimum Gasteiger partial charge on any atom is -0.495 e. The van der Waals surface area contributed by atoms with E-state index in [9.17, 15) is 13.2 Å². The van der Waals surface area contributed by atoms with Gasteiger partial charge in [-0.25, -0.2) is 8.42 Å². The van der Waals surface area contributed by atoms with E-state index in [1.165, 1.54) is 23.5 Å². The minimum atomic E-state index is -3.59. The van der Waals surface area contributed by atoms with Crippen LogP contribution < -0.4 is 10.1 Å². The summed E-state index contributed by atoms with van der Waals surface area (Å²) < 4.78 is 32.8. The lowest BCUT2D eigenvalue weighted by Gasteiger charge is -2.26. The maximum absolute atomic E-state index is 13.0. The molecule has 0 aromatic heterocycles. The number of nitrogens with zero attached hydrogens (tertiary/aromatic N) is 1. The highest BCUT2D eigenvalue weighted by Crippen LogP contribution is 2.30. The average Bonchev–Trinajstić information content (AvgIpc) is 2.70. The number of ether oxygens (including phenoxy) is 1. The van der Waals surface area contributed by atoms with Crippen LogP contribution in [0.5, 0.6) is 5.75 Å². The number of hydrogen-bond donors (Lipinski definition) is 1. The predicted molar refractivity (Wildman–Crippen MR) is 114 cm³/mol. The van der Waals surface area contributed by atoms with Gasteiger partial charge in [0, 0.05) is 13.1 Å². The Hall–Kier alpha value is -2.38. The molecule has 1 fully saturated rings. The number of carbonyl (C=O) groups excluding carboxylic acids is 1. The fourth-order valence-electron chi connectivity index (χ4n) is 3.61. The van der Waals surface area contributed by atoms with Gasteiger partial charge in [-0.15, -0.1) is 0 Å². The van der Waals surface area contributed by atoms with E-state index < -0.39 is 10.0 Å². The van der Waals surface area contributed by atoms with E-state index >= 15 is 0 Å². The molecule has 1 heterocycles. The summed E-state index contributed by atoms with van der Waals surface area (Å²) in [6.07, 6.45) is 3.00. The number of carbonyl (C=O) groups is 1. The molecule has 2 aromatic carbocycles. The molecule has 0 radical (unpaired) electrons. The Morgan fingerprint density at radius 1 is 1.07 bits per heavy atom. The number of rotatable bonds is 6. The topological polar surface area (TPSA) is 75.7 Å². The van der Waals surface area contributed by atoms with Gasteiger partial charge in [-0.2, -0.15) is 4.31 Å². The lowest BCUT2D eigenvalue weighted by Crippen LogP contribution is -2.35. The second-order valence-electron chi connectivity index (χ2n) is 7.48. The molecule has 1 N–H and O–H groups in total. The van der Waals surface area contributed by atoms with Crippen molar-refractivity contribution in [2.75, 3.05) is 25.5 Å². The molecule has 0 saturated carbocycles. The summed E-state index contributed by atoms with van der Waals surface area (Å²) in [5.41, 5.74) is 3.49. The van der Waals surface area contributed by atoms with E-state index in [-0.39, 0.29) is 17.2 Å². The first-order valence-electron chi connectivity index (χ1n) is 9.85. The van der Waals surface area contributed by atoms with Crippen molar-refractivity contribution in [3.63, 3.8) is 0 Å². The molecule has 1 aliphatic heterocycles. The van der Waals surface area contributed by atoms with Crippen molar-refractivity contribution in [2.24, 2.45) is 0 Å². The smallest absolute Gasteiger partial charge is 0.243 e. The number of amides is 1. The number of methoxy groups -OCH3 is 1. The Morgan fingerprint density at radius 3 is 2.45 bits per heavy atom. The first-order valence-corrected chi connectivity index (χ1v) is 11.3. The number of hydrogen-bond acceptors (Lipinski definition) is 4. The Kier molecular flexibility index (Phi) is 6.59. The molecule has 0 aliphatic carbocycles. The molecule has 3 rings (SSSR count). The van der Waals surface area contributed by atoms with Gasteiger partial charge in [-0.05, 0) is 56.0 Å². The molecule has 1 amide bonds.